The Kier molecular flexibility index (Phi) is 2.60. The van der Waals surface area contributed by atoms with Crippen LogP contribution in [0, 0.1) is 18.3 Å². The predicted molar refractivity (Wildman–Crippen MR) is 40.4 cm³/mol. The Bertz CT molecular complexity index is 381. The molecule has 6 heteroatoms. The molecule has 0 amide bonds. The van der Waals surface area contributed by atoms with Crippen LogP contribution in [0.1, 0.15) is 11.1 Å². The SMILES string of the molecule is Cc1c(C#N)cncc1OC(F)(F)F. The van der Waals surface area contributed by atoms with Crippen LogP contribution >= 0.6 is 0 Å². The molecule has 0 saturated carbocycles. The van der Waals surface area contributed by atoms with Gasteiger partial charge in [-0.2, -0.15) is 5.26 Å². The van der Waals surface area contributed by atoms with Gasteiger partial charge in [-0.25, -0.2) is 0 Å². The van der Waals surface area contributed by atoms with Crippen LogP contribution in [0.25, 0.3) is 0 Å². The van der Waals surface area contributed by atoms with Crippen molar-refractivity contribution in [1.82, 2.24) is 4.98 Å². The number of ether oxygens (including phenoxy) is 1. The van der Waals surface area contributed by atoms with Crippen LogP contribution in [0.3, 0.4) is 0 Å². The molecule has 74 valence electrons. The zero-order chi connectivity index (χ0) is 10.8. The molecule has 1 heterocycles. The summed E-state index contributed by atoms with van der Waals surface area (Å²) in [5, 5.41) is 8.51. The summed E-state index contributed by atoms with van der Waals surface area (Å²) in [6.45, 7) is 1.36. The predicted octanol–water partition coefficient (Wildman–Crippen LogP) is 2.16. The molecule has 1 aromatic rings. The number of rotatable bonds is 1. The normalized spacial score (nSPS) is 10.8. The molecule has 0 saturated heterocycles. The lowest BCUT2D eigenvalue weighted by molar-refractivity contribution is -0.275. The molecule has 3 nitrogen and oxygen atoms in total. The first-order valence-electron chi connectivity index (χ1n) is 3.54. The van der Waals surface area contributed by atoms with E-state index in [9.17, 15) is 13.2 Å². The maximum absolute atomic E-state index is 11.8. The van der Waals surface area contributed by atoms with Crippen LogP contribution in [0.5, 0.6) is 5.75 Å². The lowest BCUT2D eigenvalue weighted by atomic mass is 10.2. The second-order valence-electron chi connectivity index (χ2n) is 2.47. The third kappa shape index (κ3) is 2.36. The minimum absolute atomic E-state index is 0.0618. The first kappa shape index (κ1) is 10.3. The van der Waals surface area contributed by atoms with Crippen LogP contribution in [0.4, 0.5) is 13.2 Å². The van der Waals surface area contributed by atoms with Crippen molar-refractivity contribution in [3.63, 3.8) is 0 Å². The van der Waals surface area contributed by atoms with Gasteiger partial charge in [-0.05, 0) is 6.92 Å². The average molecular weight is 202 g/mol. The Hall–Kier alpha value is -1.77. The highest BCUT2D eigenvalue weighted by Crippen LogP contribution is 2.26. The van der Waals surface area contributed by atoms with Crippen molar-refractivity contribution in [3.05, 3.63) is 23.5 Å². The van der Waals surface area contributed by atoms with Gasteiger partial charge in [0.1, 0.15) is 6.07 Å². The molecule has 0 aromatic carbocycles. The van der Waals surface area contributed by atoms with Crippen LogP contribution < -0.4 is 4.74 Å². The maximum Gasteiger partial charge on any atom is 0.573 e. The Morgan fingerprint density at radius 1 is 1.43 bits per heavy atom. The number of nitriles is 1. The monoisotopic (exact) mass is 202 g/mol. The van der Waals surface area contributed by atoms with E-state index in [1.54, 1.807) is 6.07 Å². The quantitative estimate of drug-likeness (QED) is 0.700. The smallest absolute Gasteiger partial charge is 0.404 e. The fourth-order valence-corrected chi connectivity index (χ4v) is 0.846. The minimum atomic E-state index is -4.76. The van der Waals surface area contributed by atoms with Crippen LogP contribution in [0.15, 0.2) is 12.4 Å². The van der Waals surface area contributed by atoms with Gasteiger partial charge in [-0.3, -0.25) is 4.98 Å². The van der Waals surface area contributed by atoms with Crippen LogP contribution in [0.2, 0.25) is 0 Å². The third-order valence-electron chi connectivity index (χ3n) is 1.52. The summed E-state index contributed by atoms with van der Waals surface area (Å²) in [6, 6.07) is 1.71. The zero-order valence-electron chi connectivity index (χ0n) is 7.09. The van der Waals surface area contributed by atoms with Gasteiger partial charge in [0.2, 0.25) is 0 Å². The highest BCUT2D eigenvalue weighted by molar-refractivity contribution is 5.42. The first-order valence-corrected chi connectivity index (χ1v) is 3.54. The summed E-state index contributed by atoms with van der Waals surface area (Å²) >= 11 is 0. The summed E-state index contributed by atoms with van der Waals surface area (Å²) < 4.78 is 39.1. The molecule has 0 N–H and O–H groups in total. The van der Waals surface area contributed by atoms with Crippen LogP contribution in [-0.4, -0.2) is 11.3 Å². The molecule has 0 aliphatic carbocycles. The summed E-state index contributed by atoms with van der Waals surface area (Å²) in [5.41, 5.74) is 0.187. The highest BCUT2D eigenvalue weighted by Gasteiger charge is 2.32. The van der Waals surface area contributed by atoms with Crippen molar-refractivity contribution < 1.29 is 17.9 Å². The lowest BCUT2D eigenvalue weighted by Gasteiger charge is -2.10. The van der Waals surface area contributed by atoms with Gasteiger partial charge in [-0.15, -0.1) is 13.2 Å². The number of halogens is 3. The maximum atomic E-state index is 11.8. The molecule has 0 fully saturated rings. The molecular weight excluding hydrogens is 197 g/mol. The molecule has 0 unspecified atom stereocenters. The van der Waals surface area contributed by atoms with Crippen molar-refractivity contribution in [3.8, 4) is 11.8 Å². The van der Waals surface area contributed by atoms with Gasteiger partial charge in [0.05, 0.1) is 11.8 Å². The minimum Gasteiger partial charge on any atom is -0.404 e. The molecule has 0 radical (unpaired) electrons. The number of pyridine rings is 1. The van der Waals surface area contributed by atoms with E-state index in [1.807, 2.05) is 0 Å². The molecule has 0 aliphatic rings. The standard InChI is InChI=1S/C8H5F3N2O/c1-5-6(2-12)3-13-4-7(5)14-8(9,10)11/h3-4H,1H3. The van der Waals surface area contributed by atoms with Crippen molar-refractivity contribution in [2.75, 3.05) is 0 Å². The average Bonchev–Trinajstić information content (AvgIpc) is 2.06. The zero-order valence-corrected chi connectivity index (χ0v) is 7.09. The van der Waals surface area contributed by atoms with Crippen molar-refractivity contribution in [2.24, 2.45) is 0 Å². The number of aromatic nitrogens is 1. The molecule has 1 rings (SSSR count). The van der Waals surface area contributed by atoms with Gasteiger partial charge in [0, 0.05) is 11.8 Å². The molecule has 1 aromatic heterocycles. The van der Waals surface area contributed by atoms with Crippen molar-refractivity contribution >= 4 is 0 Å². The van der Waals surface area contributed by atoms with Crippen molar-refractivity contribution in [2.45, 2.75) is 13.3 Å². The van der Waals surface area contributed by atoms with Gasteiger partial charge >= 0.3 is 6.36 Å². The van der Waals surface area contributed by atoms with E-state index in [-0.39, 0.29) is 11.1 Å². The van der Waals surface area contributed by atoms with Crippen molar-refractivity contribution in [1.29, 1.82) is 5.26 Å². The van der Waals surface area contributed by atoms with Gasteiger partial charge in [-0.1, -0.05) is 0 Å². The van der Waals surface area contributed by atoms with Gasteiger partial charge in [0.25, 0.3) is 0 Å². The Balaban J connectivity index is 3.06. The van der Waals surface area contributed by atoms with E-state index < -0.39 is 12.1 Å². The van der Waals surface area contributed by atoms with Gasteiger partial charge in [0.15, 0.2) is 5.75 Å². The Morgan fingerprint density at radius 3 is 2.57 bits per heavy atom. The molecule has 0 atom stereocenters. The fourth-order valence-electron chi connectivity index (χ4n) is 0.846. The number of hydrogen-bond acceptors (Lipinski definition) is 3. The molecular formula is C8H5F3N2O. The molecule has 14 heavy (non-hydrogen) atoms. The van der Waals surface area contributed by atoms with E-state index >= 15 is 0 Å². The fraction of sp³-hybridized carbons (Fsp3) is 0.250. The van der Waals surface area contributed by atoms with Gasteiger partial charge < -0.3 is 4.74 Å². The number of hydrogen-bond donors (Lipinski definition) is 0. The number of alkyl halides is 3. The highest BCUT2D eigenvalue weighted by atomic mass is 19.4. The largest absolute Gasteiger partial charge is 0.573 e. The van der Waals surface area contributed by atoms with E-state index in [4.69, 9.17) is 5.26 Å². The third-order valence-corrected chi connectivity index (χ3v) is 1.52. The van der Waals surface area contributed by atoms with E-state index in [0.29, 0.717) is 0 Å². The van der Waals surface area contributed by atoms with E-state index in [0.717, 1.165) is 6.20 Å². The molecule has 0 aliphatic heterocycles. The second kappa shape index (κ2) is 3.54. The first-order chi connectivity index (χ1) is 6.44. The molecule has 0 spiro atoms. The summed E-state index contributed by atoms with van der Waals surface area (Å²) in [4.78, 5) is 3.45. The number of nitrogens with zero attached hydrogens (tertiary/aromatic N) is 2. The van der Waals surface area contributed by atoms with Crippen LogP contribution in [-0.2, 0) is 0 Å². The summed E-state index contributed by atoms with van der Waals surface area (Å²) in [5.74, 6) is -0.448. The lowest BCUT2D eigenvalue weighted by Crippen LogP contribution is -2.18. The Morgan fingerprint density at radius 2 is 2.07 bits per heavy atom. The van der Waals surface area contributed by atoms with E-state index in [2.05, 4.69) is 9.72 Å². The molecule has 0 bridgehead atoms. The Labute approximate surface area is 77.7 Å². The second-order valence-corrected chi connectivity index (χ2v) is 2.47. The summed E-state index contributed by atoms with van der Waals surface area (Å²) in [7, 11) is 0. The topological polar surface area (TPSA) is 45.9 Å². The van der Waals surface area contributed by atoms with E-state index in [1.165, 1.54) is 13.1 Å². The summed E-state index contributed by atoms with van der Waals surface area (Å²) in [6.07, 6.45) is -2.66.